The molecule has 1 aromatic carbocycles. The Bertz CT molecular complexity index is 887. The highest BCUT2D eigenvalue weighted by Crippen LogP contribution is 2.32. The van der Waals surface area contributed by atoms with Crippen molar-refractivity contribution in [2.45, 2.75) is 45.3 Å². The maximum absolute atomic E-state index is 12.8. The van der Waals surface area contributed by atoms with Crippen molar-refractivity contribution in [2.75, 3.05) is 0 Å². The van der Waals surface area contributed by atoms with Crippen molar-refractivity contribution in [2.24, 2.45) is 0 Å². The summed E-state index contributed by atoms with van der Waals surface area (Å²) in [5, 5.41) is 12.5. The molecule has 2 N–H and O–H groups in total. The maximum Gasteiger partial charge on any atom is 0.416 e. The van der Waals surface area contributed by atoms with E-state index in [4.69, 9.17) is 0 Å². The molecule has 1 aromatic heterocycles. The molecule has 0 spiro atoms. The number of aromatic nitrogens is 1. The zero-order valence-electron chi connectivity index (χ0n) is 15.7. The van der Waals surface area contributed by atoms with Crippen molar-refractivity contribution < 1.29 is 27.9 Å². The van der Waals surface area contributed by atoms with Crippen molar-refractivity contribution >= 4 is 11.7 Å². The quantitative estimate of drug-likeness (QED) is 0.811. The van der Waals surface area contributed by atoms with Gasteiger partial charge in [0.1, 0.15) is 17.2 Å². The number of benzene rings is 1. The van der Waals surface area contributed by atoms with Gasteiger partial charge in [-0.1, -0.05) is 0 Å². The summed E-state index contributed by atoms with van der Waals surface area (Å²) >= 11 is 0. The number of rotatable bonds is 5. The van der Waals surface area contributed by atoms with Gasteiger partial charge in [0.15, 0.2) is 0 Å². The zero-order chi connectivity index (χ0) is 21.1. The molecule has 0 aliphatic carbocycles. The second kappa shape index (κ2) is 8.00. The molecule has 0 fully saturated rings. The Morgan fingerprint density at radius 3 is 2.36 bits per heavy atom. The topological polar surface area (TPSA) is 79.3 Å². The number of Topliss-reactive ketones (excluding diaryl/α,β-unsaturated/α-hetero) is 1. The number of aromatic hydroxyl groups is 1. The van der Waals surface area contributed by atoms with Gasteiger partial charge in [0.2, 0.25) is 0 Å². The predicted molar refractivity (Wildman–Crippen MR) is 97.0 cm³/mol. The summed E-state index contributed by atoms with van der Waals surface area (Å²) in [6.45, 7) is 5.46. The fourth-order valence-corrected chi connectivity index (χ4v) is 2.52. The van der Waals surface area contributed by atoms with E-state index in [9.17, 15) is 27.9 Å². The van der Waals surface area contributed by atoms with Crippen molar-refractivity contribution in [3.63, 3.8) is 0 Å². The number of phenols is 1. The zero-order valence-corrected chi connectivity index (χ0v) is 15.7. The first-order valence-corrected chi connectivity index (χ1v) is 8.53. The number of carbonyl (C=O) groups is 2. The van der Waals surface area contributed by atoms with Gasteiger partial charge in [0, 0.05) is 30.1 Å². The molecule has 0 atom stereocenters. The van der Waals surface area contributed by atoms with E-state index >= 15 is 0 Å². The van der Waals surface area contributed by atoms with Crippen LogP contribution in [-0.2, 0) is 23.8 Å². The van der Waals surface area contributed by atoms with Crippen LogP contribution in [0.25, 0.3) is 0 Å². The molecule has 0 unspecified atom stereocenters. The van der Waals surface area contributed by atoms with Gasteiger partial charge >= 0.3 is 6.18 Å². The summed E-state index contributed by atoms with van der Waals surface area (Å²) in [4.78, 5) is 28.4. The molecule has 1 amide bonds. The van der Waals surface area contributed by atoms with E-state index < -0.39 is 29.0 Å². The SMILES string of the molecule is CC(C)(C)NC(=O)c1cc(CC(=O)Cc2cc(C(F)(F)F)ccc2O)ccn1. The number of phenolic OH excluding ortho intramolecular Hbond substituents is 1. The summed E-state index contributed by atoms with van der Waals surface area (Å²) < 4.78 is 38.4. The minimum Gasteiger partial charge on any atom is -0.508 e. The fourth-order valence-electron chi connectivity index (χ4n) is 2.52. The van der Waals surface area contributed by atoms with Crippen LogP contribution in [0.2, 0.25) is 0 Å². The average Bonchev–Trinajstić information content (AvgIpc) is 2.54. The van der Waals surface area contributed by atoms with Crippen LogP contribution in [-0.4, -0.2) is 27.3 Å². The largest absolute Gasteiger partial charge is 0.508 e. The van der Waals surface area contributed by atoms with Crippen molar-refractivity contribution in [1.29, 1.82) is 0 Å². The van der Waals surface area contributed by atoms with Gasteiger partial charge in [0.05, 0.1) is 5.56 Å². The van der Waals surface area contributed by atoms with Gasteiger partial charge < -0.3 is 10.4 Å². The van der Waals surface area contributed by atoms with Crippen LogP contribution < -0.4 is 5.32 Å². The van der Waals surface area contributed by atoms with E-state index in [2.05, 4.69) is 10.3 Å². The molecule has 2 aromatic rings. The first-order chi connectivity index (χ1) is 12.8. The van der Waals surface area contributed by atoms with Gasteiger partial charge in [-0.25, -0.2) is 0 Å². The third kappa shape index (κ3) is 6.07. The number of amides is 1. The molecule has 150 valence electrons. The number of carbonyl (C=O) groups excluding carboxylic acids is 2. The minimum atomic E-state index is -4.56. The molecule has 0 bridgehead atoms. The highest BCUT2D eigenvalue weighted by Gasteiger charge is 2.31. The fraction of sp³-hybridized carbons (Fsp3) is 0.350. The molecule has 0 aliphatic heterocycles. The van der Waals surface area contributed by atoms with Crippen LogP contribution in [0.15, 0.2) is 36.5 Å². The van der Waals surface area contributed by atoms with Crippen LogP contribution >= 0.6 is 0 Å². The van der Waals surface area contributed by atoms with Crippen LogP contribution in [0.5, 0.6) is 5.75 Å². The number of hydrogen-bond acceptors (Lipinski definition) is 4. The van der Waals surface area contributed by atoms with Crippen molar-refractivity contribution in [1.82, 2.24) is 10.3 Å². The van der Waals surface area contributed by atoms with Gasteiger partial charge in [0.25, 0.3) is 5.91 Å². The number of halogens is 3. The Labute approximate surface area is 160 Å². The summed E-state index contributed by atoms with van der Waals surface area (Å²) in [6.07, 6.45) is -3.64. The molecular formula is C20H21F3N2O3. The lowest BCUT2D eigenvalue weighted by Gasteiger charge is -2.20. The Balaban J connectivity index is 2.12. The standard InChI is InChI=1S/C20H21F3N2O3/c1-19(2,3)25-18(28)16-9-12(6-7-24-16)8-15(26)11-13-10-14(20(21,22)23)4-5-17(13)27/h4-7,9-10,27H,8,11H2,1-3H3,(H,25,28). The molecule has 0 radical (unpaired) electrons. The number of ketones is 1. The Hall–Kier alpha value is -2.90. The van der Waals surface area contributed by atoms with Crippen LogP contribution in [0.3, 0.4) is 0 Å². The maximum atomic E-state index is 12.8. The first kappa shape index (κ1) is 21.4. The average molecular weight is 394 g/mol. The number of pyridine rings is 1. The van der Waals surface area contributed by atoms with Gasteiger partial charge in [-0.2, -0.15) is 13.2 Å². The lowest BCUT2D eigenvalue weighted by Crippen LogP contribution is -2.40. The summed E-state index contributed by atoms with van der Waals surface area (Å²) in [5.74, 6) is -1.17. The van der Waals surface area contributed by atoms with Crippen LogP contribution in [0.1, 0.15) is 48.0 Å². The van der Waals surface area contributed by atoms with Crippen LogP contribution in [0, 0.1) is 0 Å². The van der Waals surface area contributed by atoms with Gasteiger partial charge in [-0.05, 0) is 56.7 Å². The number of alkyl halides is 3. The normalized spacial score (nSPS) is 11.9. The second-order valence-corrected chi connectivity index (χ2v) is 7.49. The number of hydrogen-bond donors (Lipinski definition) is 2. The number of nitrogens with one attached hydrogen (secondary N) is 1. The summed E-state index contributed by atoms with van der Waals surface area (Å²) in [6, 6.07) is 5.46. The van der Waals surface area contributed by atoms with E-state index in [0.29, 0.717) is 5.56 Å². The van der Waals surface area contributed by atoms with E-state index in [1.165, 1.54) is 12.3 Å². The van der Waals surface area contributed by atoms with E-state index in [-0.39, 0.29) is 29.8 Å². The van der Waals surface area contributed by atoms with E-state index in [1.807, 2.05) is 20.8 Å². The molecule has 2 rings (SSSR count). The van der Waals surface area contributed by atoms with Crippen molar-refractivity contribution in [3.05, 3.63) is 58.9 Å². The third-order valence-electron chi connectivity index (χ3n) is 3.74. The van der Waals surface area contributed by atoms with Gasteiger partial charge in [-0.15, -0.1) is 0 Å². The molecule has 8 heteroatoms. The van der Waals surface area contributed by atoms with E-state index in [0.717, 1.165) is 18.2 Å². The molecular weight excluding hydrogens is 373 g/mol. The van der Waals surface area contributed by atoms with Crippen LogP contribution in [0.4, 0.5) is 13.2 Å². The predicted octanol–water partition coefficient (Wildman–Crippen LogP) is 3.69. The van der Waals surface area contributed by atoms with Crippen molar-refractivity contribution in [3.8, 4) is 5.75 Å². The molecule has 1 heterocycles. The summed E-state index contributed by atoms with van der Waals surface area (Å²) in [7, 11) is 0. The highest BCUT2D eigenvalue weighted by molar-refractivity contribution is 5.93. The molecule has 5 nitrogen and oxygen atoms in total. The lowest BCUT2D eigenvalue weighted by atomic mass is 10.00. The number of nitrogens with zero attached hydrogens (tertiary/aromatic N) is 1. The molecule has 0 saturated carbocycles. The van der Waals surface area contributed by atoms with Gasteiger partial charge in [-0.3, -0.25) is 14.6 Å². The summed E-state index contributed by atoms with van der Waals surface area (Å²) in [5.41, 5.74) is -0.837. The second-order valence-electron chi connectivity index (χ2n) is 7.49. The first-order valence-electron chi connectivity index (χ1n) is 8.53. The molecule has 0 saturated heterocycles. The lowest BCUT2D eigenvalue weighted by molar-refractivity contribution is -0.137. The molecule has 28 heavy (non-hydrogen) atoms. The Kier molecular flexibility index (Phi) is 6.11. The Morgan fingerprint density at radius 1 is 1.07 bits per heavy atom. The third-order valence-corrected chi connectivity index (χ3v) is 3.74. The highest BCUT2D eigenvalue weighted by atomic mass is 19.4. The molecule has 0 aliphatic rings. The minimum absolute atomic E-state index is 0.0976. The van der Waals surface area contributed by atoms with E-state index in [1.54, 1.807) is 6.07 Å². The Morgan fingerprint density at radius 2 is 1.75 bits per heavy atom. The smallest absolute Gasteiger partial charge is 0.416 e. The monoisotopic (exact) mass is 394 g/mol.